The molecule has 92 valence electrons. The molecule has 0 bridgehead atoms. The number of benzene rings is 2. The van der Waals surface area contributed by atoms with Crippen LogP contribution >= 0.6 is 15.9 Å². The first kappa shape index (κ1) is 12.8. The minimum absolute atomic E-state index is 0.0802. The van der Waals surface area contributed by atoms with Gasteiger partial charge in [0.15, 0.2) is 0 Å². The molecule has 0 saturated heterocycles. The fraction of sp³-hybridized carbons (Fsp3) is 0.133. The van der Waals surface area contributed by atoms with Crippen molar-refractivity contribution < 1.29 is 4.79 Å². The van der Waals surface area contributed by atoms with Gasteiger partial charge in [-0.15, -0.1) is 0 Å². The Hall–Kier alpha value is -1.61. The highest BCUT2D eigenvalue weighted by Gasteiger charge is 2.07. The van der Waals surface area contributed by atoms with E-state index in [1.165, 1.54) is 0 Å². The summed E-state index contributed by atoms with van der Waals surface area (Å²) in [6.07, 6.45) is 0. The van der Waals surface area contributed by atoms with Crippen molar-refractivity contribution in [3.63, 3.8) is 0 Å². The van der Waals surface area contributed by atoms with Crippen LogP contribution in [0.4, 0.5) is 5.69 Å². The summed E-state index contributed by atoms with van der Waals surface area (Å²) in [5, 5.41) is 3.65. The second kappa shape index (κ2) is 5.83. The lowest BCUT2D eigenvalue weighted by Crippen LogP contribution is -2.12. The number of carbonyl (C=O) groups is 1. The van der Waals surface area contributed by atoms with E-state index in [4.69, 9.17) is 0 Å². The van der Waals surface area contributed by atoms with Gasteiger partial charge in [0.2, 0.25) is 0 Å². The molecule has 2 nitrogen and oxygen atoms in total. The third kappa shape index (κ3) is 2.99. The van der Waals surface area contributed by atoms with Gasteiger partial charge in [-0.2, -0.15) is 0 Å². The minimum Gasteiger partial charge on any atom is -0.322 e. The summed E-state index contributed by atoms with van der Waals surface area (Å²) >= 11 is 3.41. The summed E-state index contributed by atoms with van der Waals surface area (Å²) in [5.74, 6) is -0.0802. The van der Waals surface area contributed by atoms with E-state index in [0.717, 1.165) is 22.1 Å². The summed E-state index contributed by atoms with van der Waals surface area (Å²) in [6, 6.07) is 15.3. The molecule has 0 unspecified atom stereocenters. The van der Waals surface area contributed by atoms with Crippen molar-refractivity contribution in [2.45, 2.75) is 12.3 Å². The zero-order valence-electron chi connectivity index (χ0n) is 10.1. The van der Waals surface area contributed by atoms with E-state index in [2.05, 4.69) is 21.2 Å². The second-order valence-electron chi connectivity index (χ2n) is 4.11. The molecule has 0 aliphatic carbocycles. The molecule has 0 aliphatic heterocycles. The fourth-order valence-corrected chi connectivity index (χ4v) is 2.15. The number of para-hydroxylation sites is 1. The average Bonchev–Trinajstić information content (AvgIpc) is 2.40. The lowest BCUT2D eigenvalue weighted by atomic mass is 10.1. The first-order chi connectivity index (χ1) is 8.70. The zero-order chi connectivity index (χ0) is 13.0. The lowest BCUT2D eigenvalue weighted by Gasteiger charge is -2.09. The number of amides is 1. The fourth-order valence-electron chi connectivity index (χ4n) is 1.66. The van der Waals surface area contributed by atoms with Gasteiger partial charge >= 0.3 is 0 Å². The van der Waals surface area contributed by atoms with Crippen molar-refractivity contribution in [3.05, 3.63) is 65.2 Å². The first-order valence-corrected chi connectivity index (χ1v) is 6.85. The van der Waals surface area contributed by atoms with Gasteiger partial charge in [-0.05, 0) is 30.7 Å². The summed E-state index contributed by atoms with van der Waals surface area (Å²) in [5.41, 5.74) is 3.73. The number of hydrogen-bond acceptors (Lipinski definition) is 1. The summed E-state index contributed by atoms with van der Waals surface area (Å²) < 4.78 is 0. The highest BCUT2D eigenvalue weighted by Crippen LogP contribution is 2.18. The number of aryl methyl sites for hydroxylation is 1. The van der Waals surface area contributed by atoms with E-state index >= 15 is 0 Å². The molecule has 18 heavy (non-hydrogen) atoms. The number of rotatable bonds is 3. The molecular formula is C15H14BrNO. The average molecular weight is 304 g/mol. The second-order valence-corrected chi connectivity index (χ2v) is 4.67. The molecular weight excluding hydrogens is 290 g/mol. The smallest absolute Gasteiger partial charge is 0.255 e. The van der Waals surface area contributed by atoms with E-state index in [1.54, 1.807) is 0 Å². The Morgan fingerprint density at radius 1 is 1.11 bits per heavy atom. The zero-order valence-corrected chi connectivity index (χ0v) is 11.7. The van der Waals surface area contributed by atoms with E-state index in [9.17, 15) is 4.79 Å². The molecule has 0 aliphatic rings. The monoisotopic (exact) mass is 303 g/mol. The Kier molecular flexibility index (Phi) is 4.15. The van der Waals surface area contributed by atoms with Gasteiger partial charge in [-0.3, -0.25) is 4.79 Å². The predicted molar refractivity (Wildman–Crippen MR) is 78.2 cm³/mol. The summed E-state index contributed by atoms with van der Waals surface area (Å²) in [6.45, 7) is 2.00. The molecule has 0 aromatic heterocycles. The molecule has 0 fully saturated rings. The maximum Gasteiger partial charge on any atom is 0.255 e. The van der Waals surface area contributed by atoms with Crippen LogP contribution in [0.25, 0.3) is 0 Å². The van der Waals surface area contributed by atoms with Crippen molar-refractivity contribution in [1.82, 2.24) is 0 Å². The van der Waals surface area contributed by atoms with Crippen LogP contribution in [-0.4, -0.2) is 5.91 Å². The van der Waals surface area contributed by atoms with Crippen LogP contribution in [0.15, 0.2) is 48.5 Å². The number of nitrogens with one attached hydrogen (secondary N) is 1. The molecule has 1 N–H and O–H groups in total. The van der Waals surface area contributed by atoms with Gasteiger partial charge < -0.3 is 5.32 Å². The van der Waals surface area contributed by atoms with Gasteiger partial charge in [0, 0.05) is 16.6 Å². The molecule has 3 heteroatoms. The largest absolute Gasteiger partial charge is 0.322 e. The topological polar surface area (TPSA) is 29.1 Å². The SMILES string of the molecule is Cc1ccc(C(=O)Nc2ccccc2CBr)cc1. The quantitative estimate of drug-likeness (QED) is 0.848. The van der Waals surface area contributed by atoms with Crippen LogP contribution in [0.5, 0.6) is 0 Å². The molecule has 0 radical (unpaired) electrons. The number of carbonyl (C=O) groups excluding carboxylic acids is 1. The molecule has 2 aromatic carbocycles. The van der Waals surface area contributed by atoms with Crippen LogP contribution in [0.1, 0.15) is 21.5 Å². The minimum atomic E-state index is -0.0802. The summed E-state index contributed by atoms with van der Waals surface area (Å²) in [7, 11) is 0. The molecule has 0 spiro atoms. The van der Waals surface area contributed by atoms with Crippen molar-refractivity contribution in [2.75, 3.05) is 5.32 Å². The summed E-state index contributed by atoms with van der Waals surface area (Å²) in [4.78, 5) is 12.1. The maximum absolute atomic E-state index is 12.1. The van der Waals surface area contributed by atoms with Crippen molar-refractivity contribution in [3.8, 4) is 0 Å². The number of halogens is 1. The van der Waals surface area contributed by atoms with Crippen LogP contribution in [0, 0.1) is 6.92 Å². The third-order valence-corrected chi connectivity index (χ3v) is 3.33. The highest BCUT2D eigenvalue weighted by molar-refractivity contribution is 9.08. The van der Waals surface area contributed by atoms with Crippen molar-refractivity contribution >= 4 is 27.5 Å². The van der Waals surface area contributed by atoms with Crippen LogP contribution < -0.4 is 5.32 Å². The third-order valence-electron chi connectivity index (χ3n) is 2.72. The lowest BCUT2D eigenvalue weighted by molar-refractivity contribution is 0.102. The Bertz CT molecular complexity index is 549. The Balaban J connectivity index is 2.18. The number of anilines is 1. The van der Waals surface area contributed by atoms with E-state index in [0.29, 0.717) is 5.56 Å². The van der Waals surface area contributed by atoms with Gasteiger partial charge in [0.05, 0.1) is 0 Å². The van der Waals surface area contributed by atoms with E-state index in [1.807, 2.05) is 55.5 Å². The van der Waals surface area contributed by atoms with E-state index in [-0.39, 0.29) is 5.91 Å². The molecule has 0 heterocycles. The highest BCUT2D eigenvalue weighted by atomic mass is 79.9. The van der Waals surface area contributed by atoms with Gasteiger partial charge in [-0.1, -0.05) is 51.8 Å². The predicted octanol–water partition coefficient (Wildman–Crippen LogP) is 4.14. The van der Waals surface area contributed by atoms with Crippen molar-refractivity contribution in [1.29, 1.82) is 0 Å². The molecule has 2 aromatic rings. The number of hydrogen-bond donors (Lipinski definition) is 1. The van der Waals surface area contributed by atoms with Gasteiger partial charge in [0.25, 0.3) is 5.91 Å². The van der Waals surface area contributed by atoms with Gasteiger partial charge in [0.1, 0.15) is 0 Å². The molecule has 1 amide bonds. The van der Waals surface area contributed by atoms with Gasteiger partial charge in [-0.25, -0.2) is 0 Å². The molecule has 0 atom stereocenters. The number of alkyl halides is 1. The Morgan fingerprint density at radius 2 is 1.78 bits per heavy atom. The Labute approximate surface area is 115 Å². The maximum atomic E-state index is 12.1. The van der Waals surface area contributed by atoms with Crippen LogP contribution in [0.2, 0.25) is 0 Å². The standard InChI is InChI=1S/C15H14BrNO/c1-11-6-8-12(9-7-11)15(18)17-14-5-3-2-4-13(14)10-16/h2-9H,10H2,1H3,(H,17,18). The normalized spacial score (nSPS) is 10.1. The molecule has 0 saturated carbocycles. The van der Waals surface area contributed by atoms with Crippen LogP contribution in [0.3, 0.4) is 0 Å². The Morgan fingerprint density at radius 3 is 2.44 bits per heavy atom. The van der Waals surface area contributed by atoms with Crippen LogP contribution in [-0.2, 0) is 5.33 Å². The first-order valence-electron chi connectivity index (χ1n) is 5.72. The van der Waals surface area contributed by atoms with Crippen molar-refractivity contribution in [2.24, 2.45) is 0 Å². The van der Waals surface area contributed by atoms with E-state index < -0.39 is 0 Å². The molecule has 2 rings (SSSR count).